The highest BCUT2D eigenvalue weighted by Gasteiger charge is 2.06. The van der Waals surface area contributed by atoms with Gasteiger partial charge in [-0.1, -0.05) is 6.07 Å². The Morgan fingerprint density at radius 1 is 1.56 bits per heavy atom. The first kappa shape index (κ1) is 11.8. The van der Waals surface area contributed by atoms with Crippen LogP contribution in [0.3, 0.4) is 0 Å². The van der Waals surface area contributed by atoms with Gasteiger partial charge in [-0.05, 0) is 13.0 Å². The number of rotatable bonds is 4. The molecular formula is C9H11N3O4. The summed E-state index contributed by atoms with van der Waals surface area (Å²) in [6, 6.07) is 5.74. The molecule has 0 heterocycles. The van der Waals surface area contributed by atoms with Gasteiger partial charge in [-0.15, -0.1) is 0 Å². The number of benzene rings is 1. The van der Waals surface area contributed by atoms with Crippen molar-refractivity contribution in [2.24, 2.45) is 0 Å². The van der Waals surface area contributed by atoms with Crippen molar-refractivity contribution in [2.75, 3.05) is 12.0 Å². The van der Waals surface area contributed by atoms with Crippen molar-refractivity contribution >= 4 is 17.5 Å². The van der Waals surface area contributed by atoms with Gasteiger partial charge in [-0.2, -0.15) is 0 Å². The van der Waals surface area contributed by atoms with Crippen molar-refractivity contribution in [3.8, 4) is 0 Å². The molecule has 0 aliphatic heterocycles. The van der Waals surface area contributed by atoms with E-state index in [1.165, 1.54) is 18.2 Å². The first-order valence-electron chi connectivity index (χ1n) is 4.56. The second-order valence-corrected chi connectivity index (χ2v) is 2.78. The van der Waals surface area contributed by atoms with Gasteiger partial charge < -0.3 is 4.74 Å². The van der Waals surface area contributed by atoms with Crippen LogP contribution in [-0.2, 0) is 4.74 Å². The highest BCUT2D eigenvalue weighted by Crippen LogP contribution is 2.15. The van der Waals surface area contributed by atoms with E-state index in [2.05, 4.69) is 15.6 Å². The van der Waals surface area contributed by atoms with Gasteiger partial charge in [-0.25, -0.2) is 10.2 Å². The van der Waals surface area contributed by atoms with Crippen molar-refractivity contribution in [3.05, 3.63) is 34.4 Å². The van der Waals surface area contributed by atoms with E-state index in [9.17, 15) is 14.9 Å². The maximum absolute atomic E-state index is 10.9. The summed E-state index contributed by atoms with van der Waals surface area (Å²) in [5.41, 5.74) is 5.07. The molecule has 1 aromatic carbocycles. The van der Waals surface area contributed by atoms with Gasteiger partial charge in [0.15, 0.2) is 0 Å². The predicted molar refractivity (Wildman–Crippen MR) is 56.9 cm³/mol. The summed E-state index contributed by atoms with van der Waals surface area (Å²) in [7, 11) is 0. The number of anilines is 1. The summed E-state index contributed by atoms with van der Waals surface area (Å²) < 4.78 is 4.59. The number of non-ortho nitro benzene ring substituents is 1. The topological polar surface area (TPSA) is 93.5 Å². The van der Waals surface area contributed by atoms with Gasteiger partial charge in [-0.3, -0.25) is 15.5 Å². The largest absolute Gasteiger partial charge is 0.449 e. The van der Waals surface area contributed by atoms with Gasteiger partial charge in [0.1, 0.15) is 0 Å². The molecule has 0 saturated carbocycles. The zero-order valence-electron chi connectivity index (χ0n) is 8.60. The van der Waals surface area contributed by atoms with Crippen LogP contribution in [-0.4, -0.2) is 17.6 Å². The molecule has 7 heteroatoms. The zero-order chi connectivity index (χ0) is 12.0. The quantitative estimate of drug-likeness (QED) is 0.600. The molecular weight excluding hydrogens is 214 g/mol. The van der Waals surface area contributed by atoms with Crippen LogP contribution >= 0.6 is 0 Å². The van der Waals surface area contributed by atoms with E-state index in [0.717, 1.165) is 0 Å². The molecule has 16 heavy (non-hydrogen) atoms. The summed E-state index contributed by atoms with van der Waals surface area (Å²) in [6.45, 7) is 1.93. The van der Waals surface area contributed by atoms with Crippen LogP contribution < -0.4 is 10.9 Å². The van der Waals surface area contributed by atoms with Gasteiger partial charge in [0.25, 0.3) is 5.69 Å². The number of nitrogens with one attached hydrogen (secondary N) is 2. The molecule has 0 bridgehead atoms. The van der Waals surface area contributed by atoms with Gasteiger partial charge >= 0.3 is 6.09 Å². The molecule has 7 nitrogen and oxygen atoms in total. The number of nitrogens with zero attached hydrogens (tertiary/aromatic N) is 1. The minimum atomic E-state index is -0.644. The van der Waals surface area contributed by atoms with E-state index < -0.39 is 11.0 Å². The first-order valence-corrected chi connectivity index (χ1v) is 4.56. The number of amides is 1. The lowest BCUT2D eigenvalue weighted by Gasteiger charge is -2.07. The molecule has 0 atom stereocenters. The summed E-state index contributed by atoms with van der Waals surface area (Å²) >= 11 is 0. The summed E-state index contributed by atoms with van der Waals surface area (Å²) in [5.74, 6) is 0. The van der Waals surface area contributed by atoms with Crippen LogP contribution in [0.1, 0.15) is 6.92 Å². The van der Waals surface area contributed by atoms with Crippen molar-refractivity contribution in [2.45, 2.75) is 6.92 Å². The standard InChI is InChI=1S/C9H11N3O4/c1-2-16-9(13)11-10-7-4-3-5-8(6-7)12(14)15/h3-6,10H,2H2,1H3,(H,11,13). The van der Waals surface area contributed by atoms with Crippen LogP contribution in [0.25, 0.3) is 0 Å². The number of nitro benzene ring substituents is 1. The highest BCUT2D eigenvalue weighted by molar-refractivity contribution is 5.69. The van der Waals surface area contributed by atoms with Gasteiger partial charge in [0.2, 0.25) is 0 Å². The zero-order valence-corrected chi connectivity index (χ0v) is 8.60. The van der Waals surface area contributed by atoms with E-state index in [4.69, 9.17) is 0 Å². The molecule has 2 N–H and O–H groups in total. The number of hydrogen-bond donors (Lipinski definition) is 2. The summed E-state index contributed by atoms with van der Waals surface area (Å²) in [6.07, 6.45) is -0.644. The van der Waals surface area contributed by atoms with Crippen LogP contribution in [0.4, 0.5) is 16.2 Å². The van der Waals surface area contributed by atoms with E-state index in [1.807, 2.05) is 0 Å². The maximum atomic E-state index is 10.9. The number of nitro groups is 1. The average Bonchev–Trinajstić information content (AvgIpc) is 2.27. The predicted octanol–water partition coefficient (Wildman–Crippen LogP) is 1.67. The minimum absolute atomic E-state index is 0.0596. The Morgan fingerprint density at radius 3 is 2.94 bits per heavy atom. The van der Waals surface area contributed by atoms with Crippen molar-refractivity contribution in [3.63, 3.8) is 0 Å². The van der Waals surface area contributed by atoms with Crippen LogP contribution in [0.5, 0.6) is 0 Å². The summed E-state index contributed by atoms with van der Waals surface area (Å²) in [4.78, 5) is 20.8. The summed E-state index contributed by atoms with van der Waals surface area (Å²) in [5, 5.41) is 10.5. The number of carbonyl (C=O) groups is 1. The van der Waals surface area contributed by atoms with Crippen LogP contribution in [0.2, 0.25) is 0 Å². The Hall–Kier alpha value is -2.31. The maximum Gasteiger partial charge on any atom is 0.425 e. The molecule has 0 spiro atoms. The second kappa shape index (κ2) is 5.54. The highest BCUT2D eigenvalue weighted by atomic mass is 16.6. The fourth-order valence-electron chi connectivity index (χ4n) is 0.988. The Kier molecular flexibility index (Phi) is 4.07. The average molecular weight is 225 g/mol. The van der Waals surface area contributed by atoms with Gasteiger partial charge in [0.05, 0.1) is 17.2 Å². The van der Waals surface area contributed by atoms with Crippen molar-refractivity contribution in [1.29, 1.82) is 0 Å². The number of hydrogen-bond acceptors (Lipinski definition) is 5. The van der Waals surface area contributed by atoms with Crippen molar-refractivity contribution in [1.82, 2.24) is 5.43 Å². The molecule has 0 aliphatic carbocycles. The third-order valence-electron chi connectivity index (χ3n) is 1.64. The molecule has 0 aliphatic rings. The third kappa shape index (κ3) is 3.45. The fraction of sp³-hybridized carbons (Fsp3) is 0.222. The molecule has 0 aromatic heterocycles. The van der Waals surface area contributed by atoms with E-state index in [0.29, 0.717) is 5.69 Å². The smallest absolute Gasteiger partial charge is 0.425 e. The molecule has 0 unspecified atom stereocenters. The second-order valence-electron chi connectivity index (χ2n) is 2.78. The molecule has 1 aromatic rings. The third-order valence-corrected chi connectivity index (χ3v) is 1.64. The van der Waals surface area contributed by atoms with E-state index in [-0.39, 0.29) is 12.3 Å². The molecule has 1 rings (SSSR count). The first-order chi connectivity index (χ1) is 7.63. The molecule has 0 fully saturated rings. The van der Waals surface area contributed by atoms with Crippen LogP contribution in [0.15, 0.2) is 24.3 Å². The minimum Gasteiger partial charge on any atom is -0.449 e. The SMILES string of the molecule is CCOC(=O)NNc1cccc([N+](=O)[O-])c1. The Balaban J connectivity index is 2.57. The Bertz CT molecular complexity index is 394. The normalized spacial score (nSPS) is 9.31. The number of carbonyl (C=O) groups excluding carboxylic acids is 1. The lowest BCUT2D eigenvalue weighted by atomic mass is 10.3. The van der Waals surface area contributed by atoms with Crippen molar-refractivity contribution < 1.29 is 14.5 Å². The number of hydrazine groups is 1. The lowest BCUT2D eigenvalue weighted by molar-refractivity contribution is -0.384. The molecule has 1 amide bonds. The van der Waals surface area contributed by atoms with E-state index >= 15 is 0 Å². The monoisotopic (exact) mass is 225 g/mol. The van der Waals surface area contributed by atoms with Crippen LogP contribution in [0, 0.1) is 10.1 Å². The number of ether oxygens (including phenoxy) is 1. The van der Waals surface area contributed by atoms with E-state index in [1.54, 1.807) is 13.0 Å². The fourth-order valence-corrected chi connectivity index (χ4v) is 0.988. The molecule has 0 saturated heterocycles. The Morgan fingerprint density at radius 2 is 2.31 bits per heavy atom. The molecule has 86 valence electrons. The molecule has 0 radical (unpaired) electrons. The lowest BCUT2D eigenvalue weighted by Crippen LogP contribution is -2.29. The van der Waals surface area contributed by atoms with Gasteiger partial charge in [0, 0.05) is 12.1 Å². The Labute approximate surface area is 91.5 Å².